The normalized spacial score (nSPS) is 11.2. The summed E-state index contributed by atoms with van der Waals surface area (Å²) in [7, 11) is 1.57. The summed E-state index contributed by atoms with van der Waals surface area (Å²) in [6.07, 6.45) is 1.21. The van der Waals surface area contributed by atoms with E-state index in [9.17, 15) is 4.39 Å². The molecule has 0 amide bonds. The predicted molar refractivity (Wildman–Crippen MR) is 51.0 cm³/mol. The Bertz CT molecular complexity index is 219. The van der Waals surface area contributed by atoms with Gasteiger partial charge in [-0.15, -0.1) is 0 Å². The maximum absolute atomic E-state index is 12.4. The van der Waals surface area contributed by atoms with Crippen LogP contribution in [0.1, 0.15) is 6.92 Å². The van der Waals surface area contributed by atoms with Crippen LogP contribution >= 0.6 is 0 Å². The Kier molecular flexibility index (Phi) is 5.89. The van der Waals surface area contributed by atoms with Gasteiger partial charge in [0, 0.05) is 13.2 Å². The third-order valence-electron chi connectivity index (χ3n) is 1.25. The van der Waals surface area contributed by atoms with Crippen LogP contribution in [0.3, 0.4) is 0 Å². The lowest BCUT2D eigenvalue weighted by atomic mass is 10.2. The fourth-order valence-corrected chi connectivity index (χ4v) is 0.665. The van der Waals surface area contributed by atoms with Crippen molar-refractivity contribution < 1.29 is 13.9 Å². The van der Waals surface area contributed by atoms with E-state index in [1.807, 2.05) is 0 Å². The molecular weight excluding hydrogens is 171 g/mol. The second-order valence-electron chi connectivity index (χ2n) is 2.58. The summed E-state index contributed by atoms with van der Waals surface area (Å²) in [4.78, 5) is 0. The van der Waals surface area contributed by atoms with Crippen LogP contribution in [0, 0.1) is 0 Å². The molecule has 2 nitrogen and oxygen atoms in total. The first-order valence-electron chi connectivity index (χ1n) is 3.91. The quantitative estimate of drug-likeness (QED) is 0.360. The van der Waals surface area contributed by atoms with E-state index >= 15 is 0 Å². The third-order valence-corrected chi connectivity index (χ3v) is 1.25. The Balaban J connectivity index is 4.11. The standard InChI is InChI=1S/C10H15FO2/c1-8(2)10(7-9(3)11)13-6-5-12-4/h7H,1,3,5-6H2,2,4H3/b10-7+. The highest BCUT2D eigenvalue weighted by atomic mass is 19.1. The van der Waals surface area contributed by atoms with Crippen LogP contribution < -0.4 is 0 Å². The molecule has 0 rings (SSSR count). The molecule has 0 aliphatic heterocycles. The molecule has 0 aliphatic carbocycles. The van der Waals surface area contributed by atoms with Gasteiger partial charge in [-0.1, -0.05) is 13.2 Å². The van der Waals surface area contributed by atoms with Crippen molar-refractivity contribution in [1.29, 1.82) is 0 Å². The molecule has 0 radical (unpaired) electrons. The average Bonchev–Trinajstić information content (AvgIpc) is 2.02. The van der Waals surface area contributed by atoms with Gasteiger partial charge in [0.05, 0.1) is 6.61 Å². The van der Waals surface area contributed by atoms with E-state index in [0.29, 0.717) is 24.5 Å². The van der Waals surface area contributed by atoms with Gasteiger partial charge in [-0.25, -0.2) is 4.39 Å². The second kappa shape index (κ2) is 6.43. The maximum Gasteiger partial charge on any atom is 0.124 e. The second-order valence-corrected chi connectivity index (χ2v) is 2.58. The van der Waals surface area contributed by atoms with E-state index < -0.39 is 5.83 Å². The molecule has 3 heteroatoms. The summed E-state index contributed by atoms with van der Waals surface area (Å²) >= 11 is 0. The van der Waals surface area contributed by atoms with E-state index in [-0.39, 0.29) is 0 Å². The number of allylic oxidation sites excluding steroid dienone is 3. The van der Waals surface area contributed by atoms with Gasteiger partial charge in [0.15, 0.2) is 0 Å². The molecule has 0 aromatic rings. The maximum atomic E-state index is 12.4. The van der Waals surface area contributed by atoms with Crippen LogP contribution in [-0.4, -0.2) is 20.3 Å². The van der Waals surface area contributed by atoms with Gasteiger partial charge in [0.25, 0.3) is 0 Å². The molecule has 0 spiro atoms. The molecule has 0 fully saturated rings. The molecule has 0 bridgehead atoms. The van der Waals surface area contributed by atoms with Crippen molar-refractivity contribution in [2.75, 3.05) is 20.3 Å². The van der Waals surface area contributed by atoms with Crippen molar-refractivity contribution >= 4 is 0 Å². The number of ether oxygens (including phenoxy) is 2. The molecule has 13 heavy (non-hydrogen) atoms. The van der Waals surface area contributed by atoms with Crippen molar-refractivity contribution in [3.63, 3.8) is 0 Å². The van der Waals surface area contributed by atoms with Crippen LogP contribution in [0.25, 0.3) is 0 Å². The number of hydrogen-bond donors (Lipinski definition) is 0. The van der Waals surface area contributed by atoms with Gasteiger partial charge in [0.1, 0.15) is 18.2 Å². The number of rotatable bonds is 6. The number of halogens is 1. The smallest absolute Gasteiger partial charge is 0.124 e. The SMILES string of the molecule is C=C(F)/C=C(/OCCOC)C(=C)C. The molecule has 0 unspecified atom stereocenters. The molecule has 0 N–H and O–H groups in total. The van der Waals surface area contributed by atoms with E-state index in [4.69, 9.17) is 9.47 Å². The minimum Gasteiger partial charge on any atom is -0.491 e. The van der Waals surface area contributed by atoms with Crippen molar-refractivity contribution in [3.8, 4) is 0 Å². The molecule has 0 aliphatic rings. The number of methoxy groups -OCH3 is 1. The minimum absolute atomic E-state index is 0.377. The van der Waals surface area contributed by atoms with Crippen LogP contribution in [0.15, 0.2) is 36.4 Å². The molecule has 0 atom stereocenters. The largest absolute Gasteiger partial charge is 0.491 e. The first-order valence-corrected chi connectivity index (χ1v) is 3.91. The zero-order valence-electron chi connectivity index (χ0n) is 8.10. The molecule has 0 saturated heterocycles. The zero-order valence-corrected chi connectivity index (χ0v) is 8.10. The Hall–Kier alpha value is -1.09. The fraction of sp³-hybridized carbons (Fsp3) is 0.400. The summed E-state index contributed by atoms with van der Waals surface area (Å²) in [5.74, 6) is -0.139. The van der Waals surface area contributed by atoms with Gasteiger partial charge >= 0.3 is 0 Å². The third kappa shape index (κ3) is 6.11. The lowest BCUT2D eigenvalue weighted by molar-refractivity contribution is 0.113. The molecule has 74 valence electrons. The van der Waals surface area contributed by atoms with E-state index in [2.05, 4.69) is 13.2 Å². The summed E-state index contributed by atoms with van der Waals surface area (Å²) < 4.78 is 22.4. The number of hydrogen-bond acceptors (Lipinski definition) is 2. The molecule has 0 aromatic heterocycles. The van der Waals surface area contributed by atoms with Gasteiger partial charge < -0.3 is 9.47 Å². The monoisotopic (exact) mass is 186 g/mol. The van der Waals surface area contributed by atoms with Gasteiger partial charge in [0.2, 0.25) is 0 Å². The molecular formula is C10H15FO2. The predicted octanol–water partition coefficient (Wildman–Crippen LogP) is 2.59. The first kappa shape index (κ1) is 11.9. The summed E-state index contributed by atoms with van der Waals surface area (Å²) in [5, 5.41) is 0. The topological polar surface area (TPSA) is 18.5 Å². The zero-order chi connectivity index (χ0) is 10.3. The van der Waals surface area contributed by atoms with Crippen molar-refractivity contribution in [3.05, 3.63) is 36.4 Å². The van der Waals surface area contributed by atoms with E-state index in [0.717, 1.165) is 0 Å². The summed E-state index contributed by atoms with van der Waals surface area (Å²) in [5.41, 5.74) is 0.662. The van der Waals surface area contributed by atoms with E-state index in [1.165, 1.54) is 6.08 Å². The first-order chi connectivity index (χ1) is 6.07. The molecule has 0 heterocycles. The summed E-state index contributed by atoms with van der Waals surface area (Å²) in [6, 6.07) is 0. The molecule has 0 saturated carbocycles. The van der Waals surface area contributed by atoms with E-state index in [1.54, 1.807) is 14.0 Å². The van der Waals surface area contributed by atoms with Crippen LogP contribution in [0.5, 0.6) is 0 Å². The minimum atomic E-state index is -0.546. The fourth-order valence-electron chi connectivity index (χ4n) is 0.665. The van der Waals surface area contributed by atoms with Crippen LogP contribution in [0.4, 0.5) is 4.39 Å². The molecule has 0 aromatic carbocycles. The Morgan fingerprint density at radius 2 is 2.00 bits per heavy atom. The Morgan fingerprint density at radius 1 is 1.38 bits per heavy atom. The van der Waals surface area contributed by atoms with Gasteiger partial charge in [-0.3, -0.25) is 0 Å². The lowest BCUT2D eigenvalue weighted by Crippen LogP contribution is -2.02. The Labute approximate surface area is 78.3 Å². The van der Waals surface area contributed by atoms with Crippen molar-refractivity contribution in [2.24, 2.45) is 0 Å². The van der Waals surface area contributed by atoms with Crippen LogP contribution in [0.2, 0.25) is 0 Å². The van der Waals surface area contributed by atoms with Crippen LogP contribution in [-0.2, 0) is 9.47 Å². The highest BCUT2D eigenvalue weighted by Gasteiger charge is 1.99. The Morgan fingerprint density at radius 3 is 2.38 bits per heavy atom. The van der Waals surface area contributed by atoms with Gasteiger partial charge in [-0.05, 0) is 12.5 Å². The van der Waals surface area contributed by atoms with Crippen molar-refractivity contribution in [1.82, 2.24) is 0 Å². The average molecular weight is 186 g/mol. The summed E-state index contributed by atoms with van der Waals surface area (Å²) in [6.45, 7) is 9.33. The highest BCUT2D eigenvalue weighted by Crippen LogP contribution is 2.11. The highest BCUT2D eigenvalue weighted by molar-refractivity contribution is 5.26. The lowest BCUT2D eigenvalue weighted by Gasteiger charge is -2.08. The van der Waals surface area contributed by atoms with Crippen molar-refractivity contribution in [2.45, 2.75) is 6.92 Å². The van der Waals surface area contributed by atoms with Gasteiger partial charge in [-0.2, -0.15) is 0 Å².